The van der Waals surface area contributed by atoms with Crippen molar-refractivity contribution in [1.82, 2.24) is 20.3 Å². The van der Waals surface area contributed by atoms with Gasteiger partial charge in [-0.05, 0) is 37.1 Å². The van der Waals surface area contributed by atoms with Crippen LogP contribution in [0.2, 0.25) is 0 Å². The van der Waals surface area contributed by atoms with Crippen molar-refractivity contribution in [3.63, 3.8) is 0 Å². The van der Waals surface area contributed by atoms with E-state index in [2.05, 4.69) is 15.6 Å². The van der Waals surface area contributed by atoms with Gasteiger partial charge in [0.15, 0.2) is 5.69 Å². The Morgan fingerprint density at radius 1 is 1.14 bits per heavy atom. The molecule has 0 saturated carbocycles. The fourth-order valence-electron chi connectivity index (χ4n) is 2.68. The first kappa shape index (κ1) is 19.6. The van der Waals surface area contributed by atoms with Gasteiger partial charge in [-0.15, -0.1) is 5.10 Å². The van der Waals surface area contributed by atoms with Crippen molar-refractivity contribution >= 4 is 5.91 Å². The number of aliphatic hydroxyl groups excluding tert-OH is 1. The number of amides is 1. The van der Waals surface area contributed by atoms with Crippen LogP contribution in [0.4, 0.5) is 0 Å². The number of carbonyl (C=O) groups excluding carboxylic acids is 1. The predicted molar refractivity (Wildman–Crippen MR) is 105 cm³/mol. The molecule has 0 unspecified atom stereocenters. The third-order valence-electron chi connectivity index (χ3n) is 4.06. The molecule has 0 radical (unpaired) electrons. The topological polar surface area (TPSA) is 89.3 Å². The lowest BCUT2D eigenvalue weighted by Crippen LogP contribution is -2.23. The van der Waals surface area contributed by atoms with Gasteiger partial charge in [-0.1, -0.05) is 47.7 Å². The fraction of sp³-hybridized carbons (Fsp3) is 0.286. The molecule has 0 fully saturated rings. The van der Waals surface area contributed by atoms with Crippen molar-refractivity contribution in [2.75, 3.05) is 0 Å². The van der Waals surface area contributed by atoms with Crippen LogP contribution in [0.3, 0.4) is 0 Å². The Balaban J connectivity index is 1.52. The summed E-state index contributed by atoms with van der Waals surface area (Å²) in [5.74, 6) is 0.480. The molecule has 1 heterocycles. The SMILES string of the molecule is CC(C)Oc1ccc(CNC(=O)c2cn(C[C@H](O)c3ccccc3)nn2)cc1. The van der Waals surface area contributed by atoms with Crippen LogP contribution in [-0.4, -0.2) is 32.1 Å². The van der Waals surface area contributed by atoms with Gasteiger partial charge in [0.1, 0.15) is 5.75 Å². The van der Waals surface area contributed by atoms with Crippen LogP contribution in [0.1, 0.15) is 41.6 Å². The lowest BCUT2D eigenvalue weighted by molar-refractivity contribution is 0.0945. The Hall–Kier alpha value is -3.19. The Morgan fingerprint density at radius 2 is 1.86 bits per heavy atom. The van der Waals surface area contributed by atoms with Gasteiger partial charge in [0.2, 0.25) is 0 Å². The van der Waals surface area contributed by atoms with Gasteiger partial charge in [0.05, 0.1) is 24.9 Å². The molecule has 1 aromatic heterocycles. The number of benzene rings is 2. The monoisotopic (exact) mass is 380 g/mol. The summed E-state index contributed by atoms with van der Waals surface area (Å²) in [6.07, 6.45) is 0.931. The average molecular weight is 380 g/mol. The van der Waals surface area contributed by atoms with Gasteiger partial charge < -0.3 is 15.2 Å². The normalized spacial score (nSPS) is 12.0. The molecule has 0 spiro atoms. The van der Waals surface area contributed by atoms with Gasteiger partial charge in [0, 0.05) is 6.54 Å². The molecule has 0 aliphatic carbocycles. The van der Waals surface area contributed by atoms with Crippen molar-refractivity contribution in [1.29, 1.82) is 0 Å². The molecule has 7 nitrogen and oxygen atoms in total. The van der Waals surface area contributed by atoms with Gasteiger partial charge in [0.25, 0.3) is 5.91 Å². The Labute approximate surface area is 164 Å². The van der Waals surface area contributed by atoms with Crippen LogP contribution < -0.4 is 10.1 Å². The molecular formula is C21H24N4O3. The first-order valence-corrected chi connectivity index (χ1v) is 9.18. The number of ether oxygens (including phenoxy) is 1. The molecule has 3 rings (SSSR count). The maximum atomic E-state index is 12.3. The van der Waals surface area contributed by atoms with E-state index >= 15 is 0 Å². The summed E-state index contributed by atoms with van der Waals surface area (Å²) >= 11 is 0. The van der Waals surface area contributed by atoms with E-state index in [4.69, 9.17) is 4.74 Å². The van der Waals surface area contributed by atoms with E-state index in [1.807, 2.05) is 68.4 Å². The molecule has 0 bridgehead atoms. The van der Waals surface area contributed by atoms with Gasteiger partial charge >= 0.3 is 0 Å². The van der Waals surface area contributed by atoms with E-state index in [1.165, 1.54) is 10.9 Å². The van der Waals surface area contributed by atoms with Gasteiger partial charge in [-0.3, -0.25) is 4.79 Å². The molecular weight excluding hydrogens is 356 g/mol. The molecule has 0 saturated heterocycles. The third-order valence-corrected chi connectivity index (χ3v) is 4.06. The van der Waals surface area contributed by atoms with Crippen molar-refractivity contribution in [2.24, 2.45) is 0 Å². The largest absolute Gasteiger partial charge is 0.491 e. The quantitative estimate of drug-likeness (QED) is 0.627. The van der Waals surface area contributed by atoms with Crippen LogP contribution in [-0.2, 0) is 13.1 Å². The first-order valence-electron chi connectivity index (χ1n) is 9.18. The van der Waals surface area contributed by atoms with Crippen LogP contribution in [0.5, 0.6) is 5.75 Å². The summed E-state index contributed by atoms with van der Waals surface area (Å²) in [6.45, 7) is 4.54. The lowest BCUT2D eigenvalue weighted by Gasteiger charge is -2.10. The maximum Gasteiger partial charge on any atom is 0.273 e. The second kappa shape index (κ2) is 9.14. The number of aliphatic hydroxyl groups is 1. The van der Waals surface area contributed by atoms with Crippen molar-refractivity contribution in [3.8, 4) is 5.75 Å². The highest BCUT2D eigenvalue weighted by Gasteiger charge is 2.13. The predicted octanol–water partition coefficient (Wildman–Crippen LogP) is 2.73. The number of rotatable bonds is 8. The molecule has 1 atom stereocenters. The minimum Gasteiger partial charge on any atom is -0.491 e. The molecule has 0 aliphatic rings. The standard InChI is InChI=1S/C21H24N4O3/c1-15(2)28-18-10-8-16(9-11-18)12-22-21(27)19-13-25(24-23-19)14-20(26)17-6-4-3-5-7-17/h3-11,13,15,20,26H,12,14H2,1-2H3,(H,22,27)/t20-/m0/s1. The lowest BCUT2D eigenvalue weighted by atomic mass is 10.1. The van der Waals surface area contributed by atoms with Crippen LogP contribution >= 0.6 is 0 Å². The molecule has 1 amide bonds. The number of nitrogens with one attached hydrogen (secondary N) is 1. The highest BCUT2D eigenvalue weighted by Crippen LogP contribution is 2.15. The summed E-state index contributed by atoms with van der Waals surface area (Å²) in [7, 11) is 0. The first-order chi connectivity index (χ1) is 13.5. The molecule has 0 aliphatic heterocycles. The summed E-state index contributed by atoms with van der Waals surface area (Å²) in [4.78, 5) is 12.3. The highest BCUT2D eigenvalue weighted by molar-refractivity contribution is 5.91. The number of hydrogen-bond donors (Lipinski definition) is 2. The van der Waals surface area contributed by atoms with Crippen molar-refractivity contribution in [2.45, 2.75) is 39.1 Å². The number of aromatic nitrogens is 3. The summed E-state index contributed by atoms with van der Waals surface area (Å²) in [5.41, 5.74) is 1.95. The van der Waals surface area contributed by atoms with Crippen LogP contribution in [0.25, 0.3) is 0 Å². The van der Waals surface area contributed by atoms with Gasteiger partial charge in [-0.2, -0.15) is 0 Å². The average Bonchev–Trinajstić information content (AvgIpc) is 3.16. The smallest absolute Gasteiger partial charge is 0.273 e. The van der Waals surface area contributed by atoms with E-state index in [0.29, 0.717) is 6.54 Å². The van der Waals surface area contributed by atoms with Gasteiger partial charge in [-0.25, -0.2) is 4.68 Å². The Bertz CT molecular complexity index is 892. The van der Waals surface area contributed by atoms with E-state index in [0.717, 1.165) is 16.9 Å². The zero-order valence-electron chi connectivity index (χ0n) is 15.9. The number of nitrogens with zero attached hydrogens (tertiary/aromatic N) is 3. The van der Waals surface area contributed by atoms with E-state index in [1.54, 1.807) is 0 Å². The Kier molecular flexibility index (Phi) is 6.39. The zero-order valence-corrected chi connectivity index (χ0v) is 15.9. The summed E-state index contributed by atoms with van der Waals surface area (Å²) < 4.78 is 7.06. The molecule has 7 heteroatoms. The van der Waals surface area contributed by atoms with Crippen molar-refractivity contribution in [3.05, 3.63) is 77.6 Å². The summed E-state index contributed by atoms with van der Waals surface area (Å²) in [5, 5.41) is 20.9. The zero-order chi connectivity index (χ0) is 19.9. The minimum absolute atomic E-state index is 0.119. The molecule has 3 aromatic rings. The molecule has 2 N–H and O–H groups in total. The second-order valence-corrected chi connectivity index (χ2v) is 6.75. The second-order valence-electron chi connectivity index (χ2n) is 6.75. The summed E-state index contributed by atoms with van der Waals surface area (Å²) in [6, 6.07) is 16.9. The molecule has 28 heavy (non-hydrogen) atoms. The fourth-order valence-corrected chi connectivity index (χ4v) is 2.68. The van der Waals surface area contributed by atoms with E-state index in [-0.39, 0.29) is 24.2 Å². The van der Waals surface area contributed by atoms with Crippen molar-refractivity contribution < 1.29 is 14.6 Å². The van der Waals surface area contributed by atoms with Crippen LogP contribution in [0, 0.1) is 0 Å². The third kappa shape index (κ3) is 5.40. The Morgan fingerprint density at radius 3 is 2.54 bits per heavy atom. The maximum absolute atomic E-state index is 12.3. The van der Waals surface area contributed by atoms with E-state index < -0.39 is 6.10 Å². The minimum atomic E-state index is -0.717. The molecule has 146 valence electrons. The number of carbonyl (C=O) groups is 1. The van der Waals surface area contributed by atoms with E-state index in [9.17, 15) is 9.90 Å². The van der Waals surface area contributed by atoms with Crippen LogP contribution in [0.15, 0.2) is 60.8 Å². The number of hydrogen-bond acceptors (Lipinski definition) is 5. The highest BCUT2D eigenvalue weighted by atomic mass is 16.5. The molecule has 2 aromatic carbocycles.